The highest BCUT2D eigenvalue weighted by molar-refractivity contribution is 5.61. The summed E-state index contributed by atoms with van der Waals surface area (Å²) in [5, 5.41) is 4.41. The van der Waals surface area contributed by atoms with Gasteiger partial charge < -0.3 is 5.73 Å². The number of hydrogen-bond donors (Lipinski definition) is 1. The maximum absolute atomic E-state index is 5.68. The van der Waals surface area contributed by atoms with Crippen molar-refractivity contribution in [2.24, 2.45) is 5.73 Å². The van der Waals surface area contributed by atoms with Crippen LogP contribution in [-0.4, -0.2) is 14.8 Å². The quantitative estimate of drug-likeness (QED) is 0.773. The molecule has 0 fully saturated rings. The predicted octanol–water partition coefficient (Wildman–Crippen LogP) is 1.04. The summed E-state index contributed by atoms with van der Waals surface area (Å²) in [6.07, 6.45) is 10.6. The van der Waals surface area contributed by atoms with E-state index in [4.69, 9.17) is 12.2 Å². The molecule has 0 aromatic carbocycles. The van der Waals surface area contributed by atoms with Crippen molar-refractivity contribution in [2.75, 3.05) is 0 Å². The number of aromatic nitrogens is 3. The summed E-state index contributed by atoms with van der Waals surface area (Å²) in [5.74, 6) is 2.55. The van der Waals surface area contributed by atoms with Crippen LogP contribution in [-0.2, 0) is 13.1 Å². The van der Waals surface area contributed by atoms with Crippen molar-refractivity contribution in [1.82, 2.24) is 14.8 Å². The van der Waals surface area contributed by atoms with E-state index in [0.717, 1.165) is 16.8 Å². The number of nitrogens with two attached hydrogens (primary N) is 1. The van der Waals surface area contributed by atoms with Crippen LogP contribution in [0.1, 0.15) is 5.56 Å². The molecule has 0 radical (unpaired) electrons. The van der Waals surface area contributed by atoms with Crippen LogP contribution in [0.25, 0.3) is 11.3 Å². The van der Waals surface area contributed by atoms with Gasteiger partial charge in [0.15, 0.2) is 0 Å². The molecule has 4 nitrogen and oxygen atoms in total. The summed E-state index contributed by atoms with van der Waals surface area (Å²) in [4.78, 5) is 3.97. The third-order valence-electron chi connectivity index (χ3n) is 2.26. The summed E-state index contributed by atoms with van der Waals surface area (Å²) >= 11 is 0. The monoisotopic (exact) mass is 212 g/mol. The lowest BCUT2D eigenvalue weighted by Gasteiger charge is -1.98. The molecule has 2 aromatic heterocycles. The van der Waals surface area contributed by atoms with Crippen LogP contribution in [0.2, 0.25) is 0 Å². The van der Waals surface area contributed by atoms with Crippen molar-refractivity contribution in [2.45, 2.75) is 13.1 Å². The molecule has 2 rings (SSSR count). The van der Waals surface area contributed by atoms with E-state index in [2.05, 4.69) is 16.0 Å². The van der Waals surface area contributed by atoms with Crippen LogP contribution in [0.5, 0.6) is 0 Å². The molecule has 16 heavy (non-hydrogen) atoms. The molecule has 2 aromatic rings. The number of hydrogen-bond acceptors (Lipinski definition) is 3. The van der Waals surface area contributed by atoms with Crippen molar-refractivity contribution in [3.63, 3.8) is 0 Å². The largest absolute Gasteiger partial charge is 0.326 e. The molecule has 2 heterocycles. The van der Waals surface area contributed by atoms with Gasteiger partial charge in [-0.25, -0.2) is 0 Å². The average Bonchev–Trinajstić information content (AvgIpc) is 2.74. The Balaban J connectivity index is 2.44. The third-order valence-corrected chi connectivity index (χ3v) is 2.26. The summed E-state index contributed by atoms with van der Waals surface area (Å²) in [7, 11) is 0. The number of rotatable bonds is 3. The first-order chi connectivity index (χ1) is 7.85. The van der Waals surface area contributed by atoms with E-state index < -0.39 is 0 Å². The molecule has 0 saturated carbocycles. The van der Waals surface area contributed by atoms with E-state index in [9.17, 15) is 0 Å². The fourth-order valence-corrected chi connectivity index (χ4v) is 1.54. The van der Waals surface area contributed by atoms with Gasteiger partial charge in [0.1, 0.15) is 6.54 Å². The molecule has 0 spiro atoms. The minimum Gasteiger partial charge on any atom is -0.326 e. The van der Waals surface area contributed by atoms with Crippen molar-refractivity contribution in [3.8, 4) is 23.6 Å². The summed E-state index contributed by atoms with van der Waals surface area (Å²) in [6.45, 7) is 0.903. The summed E-state index contributed by atoms with van der Waals surface area (Å²) in [6, 6.07) is 3.81. The lowest BCUT2D eigenvalue weighted by Crippen LogP contribution is -1.96. The first-order valence-corrected chi connectivity index (χ1v) is 4.95. The highest BCUT2D eigenvalue weighted by atomic mass is 15.3. The average molecular weight is 212 g/mol. The van der Waals surface area contributed by atoms with Crippen LogP contribution >= 0.6 is 0 Å². The zero-order valence-corrected chi connectivity index (χ0v) is 8.80. The Morgan fingerprint density at radius 3 is 2.75 bits per heavy atom. The second-order valence-electron chi connectivity index (χ2n) is 3.34. The van der Waals surface area contributed by atoms with E-state index >= 15 is 0 Å². The second-order valence-corrected chi connectivity index (χ2v) is 3.34. The van der Waals surface area contributed by atoms with Gasteiger partial charge >= 0.3 is 0 Å². The Kier molecular flexibility index (Phi) is 2.99. The first kappa shape index (κ1) is 10.4. The fraction of sp³-hybridized carbons (Fsp3) is 0.167. The topological polar surface area (TPSA) is 56.7 Å². The minimum absolute atomic E-state index is 0.447. The minimum atomic E-state index is 0.447. The Morgan fingerprint density at radius 2 is 2.12 bits per heavy atom. The normalized spacial score (nSPS) is 10.0. The maximum Gasteiger partial charge on any atom is 0.101 e. The lowest BCUT2D eigenvalue weighted by atomic mass is 10.1. The Morgan fingerprint density at radius 1 is 1.38 bits per heavy atom. The second kappa shape index (κ2) is 4.60. The number of nitrogens with zero attached hydrogens (tertiary/aromatic N) is 3. The number of pyridine rings is 1. The molecule has 80 valence electrons. The number of terminal acetylenes is 1. The molecule has 0 saturated heterocycles. The highest BCUT2D eigenvalue weighted by Crippen LogP contribution is 2.20. The van der Waals surface area contributed by atoms with Crippen molar-refractivity contribution >= 4 is 0 Å². The highest BCUT2D eigenvalue weighted by Gasteiger charge is 2.08. The molecule has 2 N–H and O–H groups in total. The van der Waals surface area contributed by atoms with Crippen LogP contribution in [0.15, 0.2) is 30.7 Å². The Hall–Kier alpha value is -2.12. The van der Waals surface area contributed by atoms with Crippen LogP contribution < -0.4 is 5.73 Å². The molecule has 0 aliphatic heterocycles. The van der Waals surface area contributed by atoms with Gasteiger partial charge in [0.25, 0.3) is 0 Å². The van der Waals surface area contributed by atoms with E-state index in [0.29, 0.717) is 13.1 Å². The maximum atomic E-state index is 5.68. The van der Waals surface area contributed by atoms with E-state index in [1.165, 1.54) is 0 Å². The van der Waals surface area contributed by atoms with Crippen molar-refractivity contribution in [1.29, 1.82) is 0 Å². The molecule has 0 aliphatic carbocycles. The Labute approximate surface area is 94.1 Å². The van der Waals surface area contributed by atoms with E-state index in [1.807, 2.05) is 18.3 Å². The van der Waals surface area contributed by atoms with Gasteiger partial charge in [0.2, 0.25) is 0 Å². The molecule has 0 atom stereocenters. The van der Waals surface area contributed by atoms with Gasteiger partial charge in [0.05, 0.1) is 5.69 Å². The Bertz CT molecular complexity index is 508. The SMILES string of the molecule is C#CCn1cc(CN)c(-c2ccncc2)n1. The summed E-state index contributed by atoms with van der Waals surface area (Å²) in [5.41, 5.74) is 8.55. The van der Waals surface area contributed by atoms with Gasteiger partial charge in [-0.1, -0.05) is 5.92 Å². The molecular weight excluding hydrogens is 200 g/mol. The predicted molar refractivity (Wildman–Crippen MR) is 62.2 cm³/mol. The third kappa shape index (κ3) is 1.95. The molecule has 0 aliphatic rings. The lowest BCUT2D eigenvalue weighted by molar-refractivity contribution is 0.717. The fourth-order valence-electron chi connectivity index (χ4n) is 1.54. The molecule has 4 heteroatoms. The van der Waals surface area contributed by atoms with Crippen LogP contribution in [0, 0.1) is 12.3 Å². The zero-order chi connectivity index (χ0) is 11.4. The van der Waals surface area contributed by atoms with Crippen LogP contribution in [0.3, 0.4) is 0 Å². The smallest absolute Gasteiger partial charge is 0.101 e. The molecule has 0 amide bonds. The van der Waals surface area contributed by atoms with Gasteiger partial charge in [-0.3, -0.25) is 9.67 Å². The van der Waals surface area contributed by atoms with Gasteiger partial charge in [-0.15, -0.1) is 6.42 Å². The molecular formula is C12H12N4. The standard InChI is InChI=1S/C12H12N4/c1-2-7-16-9-11(8-13)12(15-16)10-3-5-14-6-4-10/h1,3-6,9H,7-8,13H2. The van der Waals surface area contributed by atoms with Crippen LogP contribution in [0.4, 0.5) is 0 Å². The zero-order valence-electron chi connectivity index (χ0n) is 8.80. The van der Waals surface area contributed by atoms with Gasteiger partial charge in [-0.05, 0) is 12.1 Å². The van der Waals surface area contributed by atoms with E-state index in [-0.39, 0.29) is 0 Å². The first-order valence-electron chi connectivity index (χ1n) is 4.95. The summed E-state index contributed by atoms with van der Waals surface area (Å²) < 4.78 is 1.72. The molecule has 0 unspecified atom stereocenters. The van der Waals surface area contributed by atoms with Crippen molar-refractivity contribution < 1.29 is 0 Å². The molecule has 0 bridgehead atoms. The van der Waals surface area contributed by atoms with Crippen molar-refractivity contribution in [3.05, 3.63) is 36.3 Å². The van der Waals surface area contributed by atoms with Gasteiger partial charge in [0, 0.05) is 36.3 Å². The van der Waals surface area contributed by atoms with E-state index in [1.54, 1.807) is 17.1 Å². The van der Waals surface area contributed by atoms with Gasteiger partial charge in [-0.2, -0.15) is 5.10 Å².